The van der Waals surface area contributed by atoms with Gasteiger partial charge in [-0.25, -0.2) is 0 Å². The van der Waals surface area contributed by atoms with E-state index in [4.69, 9.17) is 4.74 Å². The number of hydrogen-bond acceptors (Lipinski definition) is 5. The molecule has 1 fully saturated rings. The van der Waals surface area contributed by atoms with Crippen LogP contribution in [0.1, 0.15) is 35.9 Å². The van der Waals surface area contributed by atoms with Crippen molar-refractivity contribution in [2.24, 2.45) is 0 Å². The van der Waals surface area contributed by atoms with Gasteiger partial charge in [-0.3, -0.25) is 14.8 Å². The maximum Gasteiger partial charge on any atom is 0.273 e. The van der Waals surface area contributed by atoms with Gasteiger partial charge in [0.05, 0.1) is 19.3 Å². The quantitative estimate of drug-likeness (QED) is 0.837. The minimum Gasteiger partial charge on any atom is -0.378 e. The second-order valence-electron chi connectivity index (χ2n) is 6.05. The predicted molar refractivity (Wildman–Crippen MR) is 96.6 cm³/mol. The lowest BCUT2D eigenvalue weighted by atomic mass is 10.1. The van der Waals surface area contributed by atoms with Crippen molar-refractivity contribution in [3.63, 3.8) is 0 Å². The molecular formula is C19H24N4O2. The molecule has 0 saturated carbocycles. The van der Waals surface area contributed by atoms with E-state index in [1.807, 2.05) is 43.0 Å². The molecule has 3 rings (SSSR count). The fourth-order valence-corrected chi connectivity index (χ4v) is 3.10. The normalized spacial score (nSPS) is 15.7. The number of nitrogens with zero attached hydrogens (tertiary/aromatic N) is 4. The van der Waals surface area contributed by atoms with Gasteiger partial charge in [-0.2, -0.15) is 0 Å². The molecule has 132 valence electrons. The smallest absolute Gasteiger partial charge is 0.273 e. The van der Waals surface area contributed by atoms with E-state index in [9.17, 15) is 4.79 Å². The lowest BCUT2D eigenvalue weighted by Crippen LogP contribution is -2.37. The molecule has 1 atom stereocenters. The molecule has 2 aromatic heterocycles. The molecule has 0 radical (unpaired) electrons. The van der Waals surface area contributed by atoms with Crippen molar-refractivity contribution in [3.8, 4) is 0 Å². The van der Waals surface area contributed by atoms with Gasteiger partial charge >= 0.3 is 0 Å². The second-order valence-corrected chi connectivity index (χ2v) is 6.05. The Morgan fingerprint density at radius 2 is 2.12 bits per heavy atom. The number of anilines is 1. The van der Waals surface area contributed by atoms with Crippen molar-refractivity contribution >= 4 is 11.6 Å². The zero-order valence-corrected chi connectivity index (χ0v) is 14.8. The van der Waals surface area contributed by atoms with Crippen LogP contribution in [0.25, 0.3) is 0 Å². The van der Waals surface area contributed by atoms with Crippen LogP contribution in [0.2, 0.25) is 0 Å². The van der Waals surface area contributed by atoms with Crippen molar-refractivity contribution in [2.45, 2.75) is 19.9 Å². The molecule has 6 heteroatoms. The van der Waals surface area contributed by atoms with E-state index < -0.39 is 0 Å². The Bertz CT molecular complexity index is 702. The first kappa shape index (κ1) is 17.4. The van der Waals surface area contributed by atoms with Crippen molar-refractivity contribution in [3.05, 3.63) is 54.1 Å². The Kier molecular flexibility index (Phi) is 5.60. The highest BCUT2D eigenvalue weighted by molar-refractivity contribution is 5.93. The molecule has 0 N–H and O–H groups in total. The third-order valence-corrected chi connectivity index (χ3v) is 4.57. The molecule has 0 aliphatic carbocycles. The Hall–Kier alpha value is -2.47. The van der Waals surface area contributed by atoms with Crippen LogP contribution in [-0.4, -0.2) is 53.6 Å². The Labute approximate surface area is 148 Å². The number of ether oxygens (including phenoxy) is 1. The van der Waals surface area contributed by atoms with E-state index in [1.165, 1.54) is 0 Å². The molecule has 0 aromatic carbocycles. The lowest BCUT2D eigenvalue weighted by Gasteiger charge is -2.30. The summed E-state index contributed by atoms with van der Waals surface area (Å²) in [7, 11) is 0. The maximum absolute atomic E-state index is 13.0. The third kappa shape index (κ3) is 3.96. The van der Waals surface area contributed by atoms with Crippen LogP contribution >= 0.6 is 0 Å². The van der Waals surface area contributed by atoms with Crippen LogP contribution in [-0.2, 0) is 4.74 Å². The van der Waals surface area contributed by atoms with Crippen molar-refractivity contribution < 1.29 is 9.53 Å². The summed E-state index contributed by atoms with van der Waals surface area (Å²) < 4.78 is 5.40. The lowest BCUT2D eigenvalue weighted by molar-refractivity contribution is 0.0696. The van der Waals surface area contributed by atoms with Gasteiger partial charge in [0, 0.05) is 43.9 Å². The van der Waals surface area contributed by atoms with Crippen LogP contribution < -0.4 is 4.90 Å². The summed E-state index contributed by atoms with van der Waals surface area (Å²) >= 11 is 0. The average molecular weight is 340 g/mol. The molecule has 1 amide bonds. The summed E-state index contributed by atoms with van der Waals surface area (Å²) in [6.45, 7) is 7.71. The summed E-state index contributed by atoms with van der Waals surface area (Å²) in [6, 6.07) is 7.65. The summed E-state index contributed by atoms with van der Waals surface area (Å²) in [4.78, 5) is 25.5. The standard InChI is InChI=1S/C19H24N4O2/c1-3-23(15(2)16-5-4-7-20-14-16)19(24)18-13-17(6-8-21-18)22-9-11-25-12-10-22/h4-8,13-15H,3,9-12H2,1-2H3. The SMILES string of the molecule is CCN(C(=O)c1cc(N2CCOCC2)ccn1)C(C)c1cccnc1. The molecule has 1 saturated heterocycles. The number of pyridine rings is 2. The van der Waals surface area contributed by atoms with Crippen LogP contribution in [0.3, 0.4) is 0 Å². The highest BCUT2D eigenvalue weighted by Crippen LogP contribution is 2.22. The van der Waals surface area contributed by atoms with Crippen molar-refractivity contribution in [1.82, 2.24) is 14.9 Å². The van der Waals surface area contributed by atoms with Gasteiger partial charge in [-0.15, -0.1) is 0 Å². The molecule has 1 aliphatic rings. The average Bonchev–Trinajstić information content (AvgIpc) is 2.70. The third-order valence-electron chi connectivity index (χ3n) is 4.57. The molecule has 25 heavy (non-hydrogen) atoms. The minimum atomic E-state index is -0.0611. The topological polar surface area (TPSA) is 58.6 Å². The van der Waals surface area contributed by atoms with Gasteiger partial charge in [0.25, 0.3) is 5.91 Å². The molecule has 2 aromatic rings. The van der Waals surface area contributed by atoms with E-state index in [2.05, 4.69) is 14.9 Å². The fourth-order valence-electron chi connectivity index (χ4n) is 3.10. The van der Waals surface area contributed by atoms with Crippen LogP contribution in [0.4, 0.5) is 5.69 Å². The van der Waals surface area contributed by atoms with Crippen molar-refractivity contribution in [1.29, 1.82) is 0 Å². The number of carbonyl (C=O) groups is 1. The monoisotopic (exact) mass is 340 g/mol. The fraction of sp³-hybridized carbons (Fsp3) is 0.421. The van der Waals surface area contributed by atoms with Crippen LogP contribution in [0.15, 0.2) is 42.9 Å². The first-order valence-corrected chi connectivity index (χ1v) is 8.70. The predicted octanol–water partition coefficient (Wildman–Crippen LogP) is 2.54. The number of morpholine rings is 1. The number of carbonyl (C=O) groups excluding carboxylic acids is 1. The van der Waals surface area contributed by atoms with Gasteiger partial charge in [-0.1, -0.05) is 6.07 Å². The maximum atomic E-state index is 13.0. The Balaban J connectivity index is 1.81. The largest absolute Gasteiger partial charge is 0.378 e. The Morgan fingerprint density at radius 1 is 1.32 bits per heavy atom. The number of rotatable bonds is 5. The summed E-state index contributed by atoms with van der Waals surface area (Å²) in [5, 5.41) is 0. The summed E-state index contributed by atoms with van der Waals surface area (Å²) in [5.74, 6) is -0.0611. The molecular weight excluding hydrogens is 316 g/mol. The van der Waals surface area contributed by atoms with Gasteiger partial charge in [-0.05, 0) is 37.6 Å². The first-order chi connectivity index (χ1) is 12.2. The summed E-state index contributed by atoms with van der Waals surface area (Å²) in [5.41, 5.74) is 2.51. The molecule has 0 spiro atoms. The molecule has 0 bridgehead atoms. The van der Waals surface area contributed by atoms with E-state index in [0.717, 1.165) is 24.3 Å². The van der Waals surface area contributed by atoms with E-state index in [0.29, 0.717) is 25.5 Å². The molecule has 6 nitrogen and oxygen atoms in total. The van der Waals surface area contributed by atoms with Gasteiger partial charge < -0.3 is 14.5 Å². The highest BCUT2D eigenvalue weighted by Gasteiger charge is 2.23. The first-order valence-electron chi connectivity index (χ1n) is 8.70. The Morgan fingerprint density at radius 3 is 2.80 bits per heavy atom. The van der Waals surface area contributed by atoms with Crippen LogP contribution in [0.5, 0.6) is 0 Å². The zero-order valence-electron chi connectivity index (χ0n) is 14.8. The van der Waals surface area contributed by atoms with Crippen molar-refractivity contribution in [2.75, 3.05) is 37.7 Å². The van der Waals surface area contributed by atoms with Gasteiger partial charge in [0.1, 0.15) is 5.69 Å². The molecule has 3 heterocycles. The summed E-state index contributed by atoms with van der Waals surface area (Å²) in [6.07, 6.45) is 5.25. The number of hydrogen-bond donors (Lipinski definition) is 0. The number of aromatic nitrogens is 2. The van der Waals surface area contributed by atoms with Gasteiger partial charge in [0.2, 0.25) is 0 Å². The van der Waals surface area contributed by atoms with E-state index in [1.54, 1.807) is 18.6 Å². The van der Waals surface area contributed by atoms with E-state index >= 15 is 0 Å². The highest BCUT2D eigenvalue weighted by atomic mass is 16.5. The second kappa shape index (κ2) is 8.07. The molecule has 1 aliphatic heterocycles. The number of amides is 1. The van der Waals surface area contributed by atoms with Crippen LogP contribution in [0, 0.1) is 0 Å². The van der Waals surface area contributed by atoms with E-state index in [-0.39, 0.29) is 11.9 Å². The zero-order chi connectivity index (χ0) is 17.6. The molecule has 1 unspecified atom stereocenters. The minimum absolute atomic E-state index is 0.0555. The van der Waals surface area contributed by atoms with Gasteiger partial charge in [0.15, 0.2) is 0 Å².